The summed E-state index contributed by atoms with van der Waals surface area (Å²) in [5.74, 6) is 3.32. The standard InChI is InChI=1S/C23H32N4O3.HI/c1-17(30-20-11-9-19(28-3)10-12-20)15-25-23(24-2)26-18-13-14-27(16-18)21-7-5-6-8-22(21)29-4;/h5-12,17-18H,13-16H2,1-4H3,(H2,24,25,26);1H. The van der Waals surface area contributed by atoms with Crippen molar-refractivity contribution in [2.45, 2.75) is 25.5 Å². The molecule has 0 saturated carbocycles. The van der Waals surface area contributed by atoms with E-state index in [4.69, 9.17) is 14.2 Å². The molecule has 1 aliphatic rings. The number of anilines is 1. The van der Waals surface area contributed by atoms with Gasteiger partial charge < -0.3 is 29.7 Å². The molecule has 0 aliphatic carbocycles. The van der Waals surface area contributed by atoms with Crippen LogP contribution in [0.3, 0.4) is 0 Å². The fraction of sp³-hybridized carbons (Fsp3) is 0.435. The lowest BCUT2D eigenvalue weighted by molar-refractivity contribution is 0.223. The number of aliphatic imine (C=N–C) groups is 1. The number of nitrogens with one attached hydrogen (secondary N) is 2. The van der Waals surface area contributed by atoms with Crippen LogP contribution in [0.25, 0.3) is 0 Å². The topological polar surface area (TPSA) is 67.4 Å². The average molecular weight is 540 g/mol. The molecule has 0 radical (unpaired) electrons. The SMILES string of the molecule is CN=C(NCC(C)Oc1ccc(OC)cc1)NC1CCN(c2ccccc2OC)C1.I. The highest BCUT2D eigenvalue weighted by Gasteiger charge is 2.25. The van der Waals surface area contributed by atoms with E-state index in [1.54, 1.807) is 21.3 Å². The third-order valence-electron chi connectivity index (χ3n) is 5.13. The fourth-order valence-electron chi connectivity index (χ4n) is 3.54. The molecule has 3 rings (SSSR count). The highest BCUT2D eigenvalue weighted by atomic mass is 127. The Hall–Kier alpha value is -2.36. The van der Waals surface area contributed by atoms with Gasteiger partial charge in [-0.2, -0.15) is 0 Å². The first-order valence-corrected chi connectivity index (χ1v) is 10.3. The molecule has 0 aromatic heterocycles. The Morgan fingerprint density at radius 2 is 1.81 bits per heavy atom. The van der Waals surface area contributed by atoms with Crippen LogP contribution >= 0.6 is 24.0 Å². The molecular weight excluding hydrogens is 507 g/mol. The molecule has 1 saturated heterocycles. The maximum Gasteiger partial charge on any atom is 0.191 e. The Kier molecular flexibility index (Phi) is 10.0. The minimum atomic E-state index is -0.00870. The van der Waals surface area contributed by atoms with Crippen LogP contribution in [0.2, 0.25) is 0 Å². The Bertz CT molecular complexity index is 832. The lowest BCUT2D eigenvalue weighted by atomic mass is 10.2. The van der Waals surface area contributed by atoms with Crippen molar-refractivity contribution in [1.29, 1.82) is 0 Å². The van der Waals surface area contributed by atoms with Crippen molar-refractivity contribution in [3.05, 3.63) is 48.5 Å². The minimum Gasteiger partial charge on any atom is -0.497 e. The Labute approximate surface area is 202 Å². The quantitative estimate of drug-likeness (QED) is 0.304. The highest BCUT2D eigenvalue weighted by molar-refractivity contribution is 14.0. The third-order valence-corrected chi connectivity index (χ3v) is 5.13. The second kappa shape index (κ2) is 12.5. The van der Waals surface area contributed by atoms with E-state index in [-0.39, 0.29) is 30.1 Å². The van der Waals surface area contributed by atoms with Crippen LogP contribution in [-0.2, 0) is 0 Å². The molecule has 2 atom stereocenters. The molecule has 2 aromatic rings. The molecule has 8 heteroatoms. The summed E-state index contributed by atoms with van der Waals surface area (Å²) in [4.78, 5) is 6.71. The highest BCUT2D eigenvalue weighted by Crippen LogP contribution is 2.30. The lowest BCUT2D eigenvalue weighted by Gasteiger charge is -2.23. The average Bonchev–Trinajstić information content (AvgIpc) is 3.25. The summed E-state index contributed by atoms with van der Waals surface area (Å²) in [6.07, 6.45) is 1.03. The molecule has 2 N–H and O–H groups in total. The fourth-order valence-corrected chi connectivity index (χ4v) is 3.54. The van der Waals surface area contributed by atoms with Gasteiger partial charge in [0.1, 0.15) is 23.4 Å². The molecule has 0 bridgehead atoms. The van der Waals surface area contributed by atoms with Gasteiger partial charge in [0, 0.05) is 26.2 Å². The number of hydrogen-bond acceptors (Lipinski definition) is 5. The normalized spacial score (nSPS) is 16.8. The first kappa shape index (κ1) is 24.9. The number of methoxy groups -OCH3 is 2. The van der Waals surface area contributed by atoms with Gasteiger partial charge in [-0.05, 0) is 49.7 Å². The van der Waals surface area contributed by atoms with Crippen molar-refractivity contribution >= 4 is 35.6 Å². The van der Waals surface area contributed by atoms with Crippen LogP contribution in [0, 0.1) is 0 Å². The summed E-state index contributed by atoms with van der Waals surface area (Å²) in [6, 6.07) is 16.1. The van der Waals surface area contributed by atoms with E-state index in [0.717, 1.165) is 48.4 Å². The maximum atomic E-state index is 5.96. The number of benzene rings is 2. The van der Waals surface area contributed by atoms with Crippen LogP contribution in [0.15, 0.2) is 53.5 Å². The predicted octanol–water partition coefficient (Wildman–Crippen LogP) is 3.53. The summed E-state index contributed by atoms with van der Waals surface area (Å²) >= 11 is 0. The van der Waals surface area contributed by atoms with Crippen molar-refractivity contribution in [2.24, 2.45) is 4.99 Å². The van der Waals surface area contributed by atoms with Gasteiger partial charge in [-0.15, -0.1) is 24.0 Å². The summed E-state index contributed by atoms with van der Waals surface area (Å²) in [7, 11) is 5.16. The van der Waals surface area contributed by atoms with E-state index in [1.165, 1.54) is 0 Å². The zero-order valence-corrected chi connectivity index (χ0v) is 21.0. The first-order chi connectivity index (χ1) is 14.6. The first-order valence-electron chi connectivity index (χ1n) is 10.3. The smallest absolute Gasteiger partial charge is 0.191 e. The molecule has 7 nitrogen and oxygen atoms in total. The van der Waals surface area contributed by atoms with E-state index in [9.17, 15) is 0 Å². The molecule has 170 valence electrons. The van der Waals surface area contributed by atoms with Crippen LogP contribution in [0.1, 0.15) is 13.3 Å². The summed E-state index contributed by atoms with van der Waals surface area (Å²) in [5.41, 5.74) is 1.13. The largest absolute Gasteiger partial charge is 0.497 e. The van der Waals surface area contributed by atoms with E-state index >= 15 is 0 Å². The Balaban J connectivity index is 0.00000341. The lowest BCUT2D eigenvalue weighted by Crippen LogP contribution is -2.47. The second-order valence-electron chi connectivity index (χ2n) is 7.30. The van der Waals surface area contributed by atoms with Crippen molar-refractivity contribution < 1.29 is 14.2 Å². The summed E-state index contributed by atoms with van der Waals surface area (Å²) in [5, 5.41) is 6.88. The maximum absolute atomic E-state index is 5.96. The number of nitrogens with zero attached hydrogens (tertiary/aromatic N) is 2. The molecular formula is C23H33IN4O3. The van der Waals surface area contributed by atoms with E-state index < -0.39 is 0 Å². The van der Waals surface area contributed by atoms with Crippen LogP contribution in [0.5, 0.6) is 17.2 Å². The molecule has 31 heavy (non-hydrogen) atoms. The van der Waals surface area contributed by atoms with E-state index in [2.05, 4.69) is 26.6 Å². The van der Waals surface area contributed by atoms with E-state index in [0.29, 0.717) is 12.6 Å². The monoisotopic (exact) mass is 540 g/mol. The molecule has 1 heterocycles. The van der Waals surface area contributed by atoms with Gasteiger partial charge >= 0.3 is 0 Å². The van der Waals surface area contributed by atoms with Gasteiger partial charge in [0.05, 0.1) is 26.5 Å². The van der Waals surface area contributed by atoms with Gasteiger partial charge in [-0.1, -0.05) is 12.1 Å². The zero-order chi connectivity index (χ0) is 21.3. The third kappa shape index (κ3) is 7.09. The number of hydrogen-bond donors (Lipinski definition) is 2. The Morgan fingerprint density at radius 1 is 1.10 bits per heavy atom. The van der Waals surface area contributed by atoms with Crippen molar-refractivity contribution in [1.82, 2.24) is 10.6 Å². The molecule has 1 fully saturated rings. The van der Waals surface area contributed by atoms with Gasteiger partial charge in [0.2, 0.25) is 0 Å². The molecule has 2 unspecified atom stereocenters. The van der Waals surface area contributed by atoms with Gasteiger partial charge in [0.25, 0.3) is 0 Å². The van der Waals surface area contributed by atoms with Crippen molar-refractivity contribution in [3.8, 4) is 17.2 Å². The molecule has 0 spiro atoms. The van der Waals surface area contributed by atoms with Crippen LogP contribution in [-0.4, -0.2) is 59.0 Å². The van der Waals surface area contributed by atoms with Crippen LogP contribution in [0.4, 0.5) is 5.69 Å². The van der Waals surface area contributed by atoms with Crippen LogP contribution < -0.4 is 29.7 Å². The van der Waals surface area contributed by atoms with Gasteiger partial charge in [0.15, 0.2) is 5.96 Å². The zero-order valence-electron chi connectivity index (χ0n) is 18.6. The second-order valence-corrected chi connectivity index (χ2v) is 7.30. The molecule has 1 aliphatic heterocycles. The number of para-hydroxylation sites is 2. The Morgan fingerprint density at radius 3 is 2.48 bits per heavy atom. The summed E-state index contributed by atoms with van der Waals surface area (Å²) in [6.45, 7) is 4.56. The predicted molar refractivity (Wildman–Crippen MR) is 137 cm³/mol. The molecule has 2 aromatic carbocycles. The number of halogens is 1. The van der Waals surface area contributed by atoms with Gasteiger partial charge in [-0.25, -0.2) is 0 Å². The van der Waals surface area contributed by atoms with Gasteiger partial charge in [-0.3, -0.25) is 4.99 Å². The summed E-state index contributed by atoms with van der Waals surface area (Å²) < 4.78 is 16.6. The minimum absolute atomic E-state index is 0. The number of ether oxygens (including phenoxy) is 3. The van der Waals surface area contributed by atoms with Crippen molar-refractivity contribution in [2.75, 3.05) is 45.8 Å². The van der Waals surface area contributed by atoms with E-state index in [1.807, 2.05) is 49.4 Å². The molecule has 0 amide bonds. The van der Waals surface area contributed by atoms with Crippen molar-refractivity contribution in [3.63, 3.8) is 0 Å². The number of guanidine groups is 1. The number of rotatable bonds is 8.